The van der Waals surface area contributed by atoms with E-state index in [2.05, 4.69) is 46.2 Å². The van der Waals surface area contributed by atoms with Crippen LogP contribution < -0.4 is 5.32 Å². The Bertz CT molecular complexity index is 548. The number of hydrogen-bond acceptors (Lipinski definition) is 3. The van der Waals surface area contributed by atoms with E-state index in [1.807, 2.05) is 19.9 Å². The molecule has 20 heavy (non-hydrogen) atoms. The minimum absolute atomic E-state index is 0.775. The van der Waals surface area contributed by atoms with Gasteiger partial charge in [-0.25, -0.2) is 4.98 Å². The third kappa shape index (κ3) is 4.10. The standard InChI is InChI=1S/C16H23N3O/c1-4-20-10-6-9-19-12-14(3)17-16(19)18-15-8-5-7-13(2)11-15/h5,7-8,11-12H,4,6,9-10H2,1-3H3,(H,17,18). The highest BCUT2D eigenvalue weighted by atomic mass is 16.5. The lowest BCUT2D eigenvalue weighted by Gasteiger charge is -2.10. The minimum atomic E-state index is 0.775. The maximum atomic E-state index is 5.38. The molecule has 0 aliphatic heterocycles. The smallest absolute Gasteiger partial charge is 0.207 e. The van der Waals surface area contributed by atoms with Crippen molar-refractivity contribution in [2.24, 2.45) is 0 Å². The molecule has 0 atom stereocenters. The van der Waals surface area contributed by atoms with Crippen LogP contribution in [0, 0.1) is 13.8 Å². The number of hydrogen-bond donors (Lipinski definition) is 1. The Morgan fingerprint density at radius 3 is 2.90 bits per heavy atom. The van der Waals surface area contributed by atoms with Crippen molar-refractivity contribution in [3.63, 3.8) is 0 Å². The van der Waals surface area contributed by atoms with Gasteiger partial charge in [-0.15, -0.1) is 0 Å². The Labute approximate surface area is 120 Å². The van der Waals surface area contributed by atoms with E-state index < -0.39 is 0 Å². The molecule has 0 aliphatic carbocycles. The van der Waals surface area contributed by atoms with Crippen molar-refractivity contribution in [1.82, 2.24) is 9.55 Å². The van der Waals surface area contributed by atoms with E-state index in [4.69, 9.17) is 4.74 Å². The van der Waals surface area contributed by atoms with Crippen molar-refractivity contribution >= 4 is 11.6 Å². The van der Waals surface area contributed by atoms with E-state index in [1.165, 1.54) is 5.56 Å². The van der Waals surface area contributed by atoms with Gasteiger partial charge < -0.3 is 14.6 Å². The van der Waals surface area contributed by atoms with E-state index in [0.717, 1.165) is 43.5 Å². The number of anilines is 2. The van der Waals surface area contributed by atoms with E-state index in [0.29, 0.717) is 0 Å². The molecular weight excluding hydrogens is 250 g/mol. The first-order valence-corrected chi connectivity index (χ1v) is 7.14. The number of imidazole rings is 1. The van der Waals surface area contributed by atoms with Gasteiger partial charge in [-0.2, -0.15) is 0 Å². The molecule has 1 N–H and O–H groups in total. The second-order valence-electron chi connectivity index (χ2n) is 4.94. The number of ether oxygens (including phenoxy) is 1. The lowest BCUT2D eigenvalue weighted by Crippen LogP contribution is -2.06. The zero-order valence-corrected chi connectivity index (χ0v) is 12.5. The third-order valence-electron chi connectivity index (χ3n) is 3.06. The van der Waals surface area contributed by atoms with Gasteiger partial charge >= 0.3 is 0 Å². The van der Waals surface area contributed by atoms with Gasteiger partial charge in [0.15, 0.2) is 0 Å². The zero-order valence-electron chi connectivity index (χ0n) is 12.5. The number of benzene rings is 1. The van der Waals surface area contributed by atoms with Crippen LogP contribution in [0.4, 0.5) is 11.6 Å². The van der Waals surface area contributed by atoms with Crippen molar-refractivity contribution in [1.29, 1.82) is 0 Å². The van der Waals surface area contributed by atoms with E-state index in [-0.39, 0.29) is 0 Å². The maximum Gasteiger partial charge on any atom is 0.207 e. The van der Waals surface area contributed by atoms with Crippen LogP contribution in [0.3, 0.4) is 0 Å². The van der Waals surface area contributed by atoms with E-state index in [9.17, 15) is 0 Å². The number of aromatic nitrogens is 2. The molecule has 1 aromatic heterocycles. The lowest BCUT2D eigenvalue weighted by molar-refractivity contribution is 0.142. The summed E-state index contributed by atoms with van der Waals surface area (Å²) in [4.78, 5) is 4.55. The Kier molecular flexibility index (Phi) is 5.18. The first kappa shape index (κ1) is 14.6. The summed E-state index contributed by atoms with van der Waals surface area (Å²) >= 11 is 0. The molecule has 0 saturated carbocycles. The summed E-state index contributed by atoms with van der Waals surface area (Å²) < 4.78 is 7.53. The van der Waals surface area contributed by atoms with Crippen LogP contribution in [0.15, 0.2) is 30.5 Å². The van der Waals surface area contributed by atoms with Gasteiger partial charge in [0.25, 0.3) is 0 Å². The summed E-state index contributed by atoms with van der Waals surface area (Å²) in [6, 6.07) is 8.31. The normalized spacial score (nSPS) is 10.8. The molecule has 2 rings (SSSR count). The molecule has 4 nitrogen and oxygen atoms in total. The highest BCUT2D eigenvalue weighted by Gasteiger charge is 2.06. The van der Waals surface area contributed by atoms with Gasteiger partial charge in [-0.3, -0.25) is 0 Å². The van der Waals surface area contributed by atoms with Crippen LogP contribution in [0.2, 0.25) is 0 Å². The Morgan fingerprint density at radius 1 is 1.30 bits per heavy atom. The van der Waals surface area contributed by atoms with Gasteiger partial charge in [-0.1, -0.05) is 12.1 Å². The molecule has 108 valence electrons. The van der Waals surface area contributed by atoms with Crippen LogP contribution in [0.5, 0.6) is 0 Å². The van der Waals surface area contributed by atoms with Crippen LogP contribution in [-0.4, -0.2) is 22.8 Å². The number of nitrogens with zero attached hydrogens (tertiary/aromatic N) is 2. The van der Waals surface area contributed by atoms with Crippen molar-refractivity contribution in [2.45, 2.75) is 33.7 Å². The van der Waals surface area contributed by atoms with Gasteiger partial charge in [0.05, 0.1) is 5.69 Å². The molecule has 2 aromatic rings. The van der Waals surface area contributed by atoms with E-state index in [1.54, 1.807) is 0 Å². The fourth-order valence-electron chi connectivity index (χ4n) is 2.15. The topological polar surface area (TPSA) is 39.1 Å². The van der Waals surface area contributed by atoms with Crippen LogP contribution >= 0.6 is 0 Å². The van der Waals surface area contributed by atoms with Crippen molar-refractivity contribution in [3.05, 3.63) is 41.7 Å². The number of aryl methyl sites for hydroxylation is 3. The predicted molar refractivity (Wildman–Crippen MR) is 82.5 cm³/mol. The highest BCUT2D eigenvalue weighted by molar-refractivity contribution is 5.54. The van der Waals surface area contributed by atoms with Gasteiger partial charge in [0, 0.05) is 31.6 Å². The van der Waals surface area contributed by atoms with E-state index >= 15 is 0 Å². The van der Waals surface area contributed by atoms with Crippen molar-refractivity contribution < 1.29 is 4.74 Å². The summed E-state index contributed by atoms with van der Waals surface area (Å²) in [5.74, 6) is 0.893. The number of nitrogens with one attached hydrogen (secondary N) is 1. The molecule has 0 saturated heterocycles. The molecule has 1 aromatic carbocycles. The molecule has 0 amide bonds. The zero-order chi connectivity index (χ0) is 14.4. The monoisotopic (exact) mass is 273 g/mol. The van der Waals surface area contributed by atoms with Crippen LogP contribution in [-0.2, 0) is 11.3 Å². The second kappa shape index (κ2) is 7.10. The SMILES string of the molecule is CCOCCCn1cc(C)nc1Nc1cccc(C)c1. The fraction of sp³-hybridized carbons (Fsp3) is 0.438. The Morgan fingerprint density at radius 2 is 2.15 bits per heavy atom. The minimum Gasteiger partial charge on any atom is -0.382 e. The molecule has 0 bridgehead atoms. The molecule has 0 spiro atoms. The first-order chi connectivity index (χ1) is 9.69. The van der Waals surface area contributed by atoms with Crippen molar-refractivity contribution in [3.8, 4) is 0 Å². The first-order valence-electron chi connectivity index (χ1n) is 7.14. The molecule has 0 radical (unpaired) electrons. The average molecular weight is 273 g/mol. The van der Waals surface area contributed by atoms with Gasteiger partial charge in [-0.05, 0) is 44.9 Å². The largest absolute Gasteiger partial charge is 0.382 e. The number of rotatable bonds is 7. The second-order valence-corrected chi connectivity index (χ2v) is 4.94. The molecule has 1 heterocycles. The summed E-state index contributed by atoms with van der Waals surface area (Å²) in [6.45, 7) is 8.60. The maximum absolute atomic E-state index is 5.38. The summed E-state index contributed by atoms with van der Waals surface area (Å²) in [6.07, 6.45) is 3.07. The molecule has 4 heteroatoms. The van der Waals surface area contributed by atoms with Crippen LogP contribution in [0.25, 0.3) is 0 Å². The molecular formula is C16H23N3O. The fourth-order valence-corrected chi connectivity index (χ4v) is 2.15. The quantitative estimate of drug-likeness (QED) is 0.782. The summed E-state index contributed by atoms with van der Waals surface area (Å²) in [5.41, 5.74) is 3.33. The average Bonchev–Trinajstić information content (AvgIpc) is 2.75. The van der Waals surface area contributed by atoms with Crippen molar-refractivity contribution in [2.75, 3.05) is 18.5 Å². The molecule has 0 aliphatic rings. The predicted octanol–water partition coefficient (Wildman–Crippen LogP) is 3.67. The Hall–Kier alpha value is -1.81. The summed E-state index contributed by atoms with van der Waals surface area (Å²) in [7, 11) is 0. The molecule has 0 fully saturated rings. The lowest BCUT2D eigenvalue weighted by atomic mass is 10.2. The summed E-state index contributed by atoms with van der Waals surface area (Å²) in [5, 5.41) is 3.39. The third-order valence-corrected chi connectivity index (χ3v) is 3.06. The van der Waals surface area contributed by atoms with Gasteiger partial charge in [0.1, 0.15) is 0 Å². The van der Waals surface area contributed by atoms with Crippen LogP contribution in [0.1, 0.15) is 24.6 Å². The molecule has 0 unspecified atom stereocenters. The van der Waals surface area contributed by atoms with Gasteiger partial charge in [0.2, 0.25) is 5.95 Å². The highest BCUT2D eigenvalue weighted by Crippen LogP contribution is 2.17. The Balaban J connectivity index is 2.03.